The van der Waals surface area contributed by atoms with Crippen molar-refractivity contribution in [2.24, 2.45) is 17.8 Å². The summed E-state index contributed by atoms with van der Waals surface area (Å²) < 4.78 is 0. The maximum atomic E-state index is 11.5. The van der Waals surface area contributed by atoms with Gasteiger partial charge in [0.15, 0.2) is 0 Å². The Hall–Kier alpha value is -1.10. The molecule has 2 rings (SSSR count). The minimum atomic E-state index is -0.723. The van der Waals surface area contributed by atoms with E-state index in [1.807, 2.05) is 0 Å². The number of carboxylic acids is 1. The summed E-state index contributed by atoms with van der Waals surface area (Å²) >= 11 is 0. The van der Waals surface area contributed by atoms with Gasteiger partial charge in [-0.25, -0.2) is 0 Å². The van der Waals surface area contributed by atoms with Gasteiger partial charge in [-0.1, -0.05) is 0 Å². The highest BCUT2D eigenvalue weighted by Gasteiger charge is 2.51. The van der Waals surface area contributed by atoms with Gasteiger partial charge in [0, 0.05) is 13.1 Å². The molecule has 96 valence electrons. The summed E-state index contributed by atoms with van der Waals surface area (Å²) in [5, 5.41) is 15.1. The Balaban J connectivity index is 2.04. The highest BCUT2D eigenvalue weighted by molar-refractivity contribution is 5.81. The first kappa shape index (κ1) is 12.4. The molecule has 2 aliphatic carbocycles. The Kier molecular flexibility index (Phi) is 3.38. The SMILES string of the molecule is CNC(=O)C(C)NC1C2CCC(C2)C1C(=O)O. The average Bonchev–Trinajstić information content (AvgIpc) is 2.87. The number of nitrogens with one attached hydrogen (secondary N) is 2. The van der Waals surface area contributed by atoms with E-state index in [4.69, 9.17) is 0 Å². The Bertz CT molecular complexity index is 332. The minimum absolute atomic E-state index is 0.0430. The number of likely N-dealkylation sites (N-methyl/N-ethyl adjacent to an activating group) is 1. The van der Waals surface area contributed by atoms with Crippen molar-refractivity contribution in [3.8, 4) is 0 Å². The van der Waals surface area contributed by atoms with Gasteiger partial charge in [-0.05, 0) is 38.0 Å². The van der Waals surface area contributed by atoms with Crippen LogP contribution in [0.5, 0.6) is 0 Å². The normalized spacial score (nSPS) is 36.8. The second-order valence-corrected chi connectivity index (χ2v) is 5.23. The zero-order chi connectivity index (χ0) is 12.6. The second kappa shape index (κ2) is 4.64. The third-order valence-electron chi connectivity index (χ3n) is 4.28. The predicted molar refractivity (Wildman–Crippen MR) is 62.4 cm³/mol. The van der Waals surface area contributed by atoms with Crippen LogP contribution in [-0.2, 0) is 9.59 Å². The van der Waals surface area contributed by atoms with E-state index >= 15 is 0 Å². The molecule has 0 aromatic rings. The van der Waals surface area contributed by atoms with E-state index < -0.39 is 5.97 Å². The van der Waals surface area contributed by atoms with Crippen molar-refractivity contribution in [1.82, 2.24) is 10.6 Å². The average molecular weight is 240 g/mol. The first-order chi connectivity index (χ1) is 8.04. The van der Waals surface area contributed by atoms with Crippen molar-refractivity contribution in [1.29, 1.82) is 0 Å². The van der Waals surface area contributed by atoms with E-state index in [9.17, 15) is 14.7 Å². The largest absolute Gasteiger partial charge is 0.481 e. The highest BCUT2D eigenvalue weighted by Crippen LogP contribution is 2.48. The zero-order valence-corrected chi connectivity index (χ0v) is 10.3. The lowest BCUT2D eigenvalue weighted by atomic mass is 9.84. The fourth-order valence-corrected chi connectivity index (χ4v) is 3.47. The van der Waals surface area contributed by atoms with E-state index in [2.05, 4.69) is 10.6 Å². The van der Waals surface area contributed by atoms with Crippen molar-refractivity contribution in [2.75, 3.05) is 7.05 Å². The monoisotopic (exact) mass is 240 g/mol. The molecule has 5 atom stereocenters. The number of carbonyl (C=O) groups excluding carboxylic acids is 1. The molecule has 0 spiro atoms. The summed E-state index contributed by atoms with van der Waals surface area (Å²) in [4.78, 5) is 22.7. The van der Waals surface area contributed by atoms with E-state index in [1.165, 1.54) is 0 Å². The molecule has 5 nitrogen and oxygen atoms in total. The van der Waals surface area contributed by atoms with E-state index in [-0.39, 0.29) is 23.9 Å². The molecule has 3 N–H and O–H groups in total. The van der Waals surface area contributed by atoms with Crippen molar-refractivity contribution in [2.45, 2.75) is 38.3 Å². The van der Waals surface area contributed by atoms with Crippen LogP contribution in [0.25, 0.3) is 0 Å². The quantitative estimate of drug-likeness (QED) is 0.656. The number of aliphatic carboxylic acids is 1. The number of amides is 1. The zero-order valence-electron chi connectivity index (χ0n) is 10.3. The first-order valence-electron chi connectivity index (χ1n) is 6.25. The number of carboxylic acid groups (broad SMARTS) is 1. The van der Waals surface area contributed by atoms with Gasteiger partial charge in [0.1, 0.15) is 0 Å². The molecule has 1 amide bonds. The molecule has 2 fully saturated rings. The molecule has 0 aliphatic heterocycles. The van der Waals surface area contributed by atoms with E-state index in [0.717, 1.165) is 19.3 Å². The topological polar surface area (TPSA) is 78.4 Å². The van der Waals surface area contributed by atoms with Crippen LogP contribution in [0.1, 0.15) is 26.2 Å². The lowest BCUT2D eigenvalue weighted by Gasteiger charge is -2.31. The molecule has 17 heavy (non-hydrogen) atoms. The molecule has 2 saturated carbocycles. The van der Waals surface area contributed by atoms with Gasteiger partial charge in [-0.15, -0.1) is 0 Å². The molecular formula is C12H20N2O3. The summed E-state index contributed by atoms with van der Waals surface area (Å²) in [6.45, 7) is 1.78. The summed E-state index contributed by atoms with van der Waals surface area (Å²) in [6, 6.07) is -0.371. The fraction of sp³-hybridized carbons (Fsp3) is 0.833. The molecule has 2 aliphatic rings. The Morgan fingerprint density at radius 2 is 1.94 bits per heavy atom. The van der Waals surface area contributed by atoms with Crippen LogP contribution in [0, 0.1) is 17.8 Å². The summed E-state index contributed by atoms with van der Waals surface area (Å²) in [7, 11) is 1.59. The van der Waals surface area contributed by atoms with Gasteiger partial charge >= 0.3 is 5.97 Å². The standard InChI is InChI=1S/C12H20N2O3/c1-6(11(15)13-2)14-10-8-4-3-7(5-8)9(10)12(16)17/h6-10,14H,3-5H2,1-2H3,(H,13,15)(H,16,17). The predicted octanol–water partition coefficient (Wildman–Crippen LogP) is 0.210. The maximum absolute atomic E-state index is 11.5. The lowest BCUT2D eigenvalue weighted by Crippen LogP contribution is -2.52. The van der Waals surface area contributed by atoms with Crippen LogP contribution < -0.4 is 10.6 Å². The van der Waals surface area contributed by atoms with Crippen LogP contribution in [-0.4, -0.2) is 36.1 Å². The Morgan fingerprint density at radius 1 is 1.29 bits per heavy atom. The van der Waals surface area contributed by atoms with Gasteiger partial charge in [-0.2, -0.15) is 0 Å². The van der Waals surface area contributed by atoms with Crippen LogP contribution >= 0.6 is 0 Å². The molecule has 0 aromatic heterocycles. The van der Waals surface area contributed by atoms with Crippen LogP contribution in [0.15, 0.2) is 0 Å². The minimum Gasteiger partial charge on any atom is -0.481 e. The highest BCUT2D eigenvalue weighted by atomic mass is 16.4. The molecular weight excluding hydrogens is 220 g/mol. The van der Waals surface area contributed by atoms with Gasteiger partial charge in [0.2, 0.25) is 5.91 Å². The fourth-order valence-electron chi connectivity index (χ4n) is 3.47. The summed E-state index contributed by atoms with van der Waals surface area (Å²) in [5.41, 5.74) is 0. The van der Waals surface area contributed by atoms with Crippen LogP contribution in [0.3, 0.4) is 0 Å². The first-order valence-corrected chi connectivity index (χ1v) is 6.25. The smallest absolute Gasteiger partial charge is 0.308 e. The lowest BCUT2D eigenvalue weighted by molar-refractivity contribution is -0.144. The molecule has 0 radical (unpaired) electrons. The summed E-state index contributed by atoms with van der Waals surface area (Å²) in [5.74, 6) is -0.406. The van der Waals surface area contributed by atoms with Crippen molar-refractivity contribution in [3.05, 3.63) is 0 Å². The number of hydrogen-bond donors (Lipinski definition) is 3. The second-order valence-electron chi connectivity index (χ2n) is 5.23. The van der Waals surface area contributed by atoms with Crippen molar-refractivity contribution in [3.63, 3.8) is 0 Å². The van der Waals surface area contributed by atoms with Crippen molar-refractivity contribution < 1.29 is 14.7 Å². The maximum Gasteiger partial charge on any atom is 0.308 e. The molecule has 0 aromatic carbocycles. The van der Waals surface area contributed by atoms with Gasteiger partial charge < -0.3 is 15.7 Å². The third kappa shape index (κ3) is 2.16. The molecule has 0 saturated heterocycles. The number of carbonyl (C=O) groups is 2. The number of rotatable bonds is 4. The number of hydrogen-bond acceptors (Lipinski definition) is 3. The molecule has 2 bridgehead atoms. The Morgan fingerprint density at radius 3 is 2.53 bits per heavy atom. The van der Waals surface area contributed by atoms with E-state index in [0.29, 0.717) is 11.8 Å². The van der Waals surface area contributed by atoms with Gasteiger partial charge in [0.05, 0.1) is 12.0 Å². The van der Waals surface area contributed by atoms with Crippen LogP contribution in [0.2, 0.25) is 0 Å². The molecule has 5 heteroatoms. The van der Waals surface area contributed by atoms with E-state index in [1.54, 1.807) is 14.0 Å². The third-order valence-corrected chi connectivity index (χ3v) is 4.28. The van der Waals surface area contributed by atoms with Crippen molar-refractivity contribution >= 4 is 11.9 Å². The van der Waals surface area contributed by atoms with Gasteiger partial charge in [0.25, 0.3) is 0 Å². The van der Waals surface area contributed by atoms with Gasteiger partial charge in [-0.3, -0.25) is 9.59 Å². The number of fused-ring (bicyclic) bond motifs is 2. The molecule has 5 unspecified atom stereocenters. The summed E-state index contributed by atoms with van der Waals surface area (Å²) in [6.07, 6.45) is 3.11. The molecule has 0 heterocycles. The Labute approximate surface area is 101 Å². The van der Waals surface area contributed by atoms with Crippen LogP contribution in [0.4, 0.5) is 0 Å².